The van der Waals surface area contributed by atoms with Gasteiger partial charge < -0.3 is 10.6 Å². The monoisotopic (exact) mass is 309 g/mol. The van der Waals surface area contributed by atoms with Gasteiger partial charge in [0.15, 0.2) is 0 Å². The summed E-state index contributed by atoms with van der Waals surface area (Å²) in [7, 11) is 0. The van der Waals surface area contributed by atoms with E-state index in [1.165, 1.54) is 44.9 Å². The summed E-state index contributed by atoms with van der Waals surface area (Å²) >= 11 is 0. The van der Waals surface area contributed by atoms with Crippen molar-refractivity contribution in [3.05, 3.63) is 0 Å². The Kier molecular flexibility index (Phi) is 7.16. The summed E-state index contributed by atoms with van der Waals surface area (Å²) in [5, 5.41) is 8.78. The predicted molar refractivity (Wildman–Crippen MR) is 87.6 cm³/mol. The van der Waals surface area contributed by atoms with Gasteiger partial charge in [0.05, 0.1) is 6.04 Å². The lowest BCUT2D eigenvalue weighted by molar-refractivity contribution is -0.121. The standard InChI is InChI=1S/C17H31N3O2/c1-13(18-14-9-5-2-3-6-10-14)16(21)20-17(22)19-15-11-7-4-8-12-15/h13-15,18H,2-12H2,1H3,(H2,19,20,21,22)/t13-/m0/s1. The first-order valence-electron chi connectivity index (χ1n) is 9.02. The summed E-state index contributed by atoms with van der Waals surface area (Å²) in [6.45, 7) is 1.84. The second-order valence-electron chi connectivity index (χ2n) is 6.87. The van der Waals surface area contributed by atoms with Gasteiger partial charge in [-0.1, -0.05) is 44.9 Å². The summed E-state index contributed by atoms with van der Waals surface area (Å²) in [4.78, 5) is 24.0. The minimum atomic E-state index is -0.341. The van der Waals surface area contributed by atoms with Crippen LogP contribution in [0.5, 0.6) is 0 Å². The van der Waals surface area contributed by atoms with E-state index in [1.807, 2.05) is 6.92 Å². The number of imide groups is 1. The van der Waals surface area contributed by atoms with E-state index >= 15 is 0 Å². The first kappa shape index (κ1) is 17.3. The highest BCUT2D eigenvalue weighted by Gasteiger charge is 2.22. The number of carbonyl (C=O) groups is 2. The number of carbonyl (C=O) groups excluding carboxylic acids is 2. The van der Waals surface area contributed by atoms with Crippen molar-refractivity contribution < 1.29 is 9.59 Å². The third-order valence-corrected chi connectivity index (χ3v) is 4.91. The van der Waals surface area contributed by atoms with Gasteiger partial charge in [-0.05, 0) is 32.6 Å². The molecule has 126 valence electrons. The van der Waals surface area contributed by atoms with Gasteiger partial charge in [-0.2, -0.15) is 0 Å². The molecule has 0 radical (unpaired) electrons. The summed E-state index contributed by atoms with van der Waals surface area (Å²) < 4.78 is 0. The molecule has 2 fully saturated rings. The number of hydrogen-bond donors (Lipinski definition) is 3. The van der Waals surface area contributed by atoms with Crippen LogP contribution in [-0.2, 0) is 4.79 Å². The Bertz CT molecular complexity index is 359. The van der Waals surface area contributed by atoms with E-state index in [1.54, 1.807) is 0 Å². The minimum absolute atomic E-state index is 0.224. The third-order valence-electron chi connectivity index (χ3n) is 4.91. The summed E-state index contributed by atoms with van der Waals surface area (Å²) in [5.74, 6) is -0.224. The highest BCUT2D eigenvalue weighted by molar-refractivity contribution is 5.96. The van der Waals surface area contributed by atoms with Crippen LogP contribution in [-0.4, -0.2) is 30.1 Å². The summed E-state index contributed by atoms with van der Waals surface area (Å²) in [6.07, 6.45) is 12.9. The molecule has 0 saturated heterocycles. The van der Waals surface area contributed by atoms with Gasteiger partial charge in [0.2, 0.25) is 5.91 Å². The van der Waals surface area contributed by atoms with Crippen LogP contribution in [0.25, 0.3) is 0 Å². The lowest BCUT2D eigenvalue weighted by Crippen LogP contribution is -2.52. The van der Waals surface area contributed by atoms with Crippen molar-refractivity contribution in [2.45, 2.75) is 95.7 Å². The first-order valence-corrected chi connectivity index (χ1v) is 9.02. The predicted octanol–water partition coefficient (Wildman–Crippen LogP) is 2.85. The lowest BCUT2D eigenvalue weighted by atomic mass is 9.96. The van der Waals surface area contributed by atoms with Gasteiger partial charge in [0, 0.05) is 12.1 Å². The molecule has 0 aromatic rings. The Labute approximate surface area is 134 Å². The fraction of sp³-hybridized carbons (Fsp3) is 0.882. The summed E-state index contributed by atoms with van der Waals surface area (Å²) in [6, 6.07) is -0.0250. The maximum Gasteiger partial charge on any atom is 0.321 e. The Balaban J connectivity index is 1.69. The fourth-order valence-electron chi connectivity index (χ4n) is 3.56. The number of urea groups is 1. The van der Waals surface area contributed by atoms with Gasteiger partial charge in [-0.25, -0.2) is 4.79 Å². The molecule has 2 saturated carbocycles. The molecule has 0 heterocycles. The van der Waals surface area contributed by atoms with Crippen LogP contribution in [0.15, 0.2) is 0 Å². The topological polar surface area (TPSA) is 70.2 Å². The molecule has 0 spiro atoms. The molecule has 0 aromatic heterocycles. The highest BCUT2D eigenvalue weighted by atomic mass is 16.2. The Morgan fingerprint density at radius 2 is 1.32 bits per heavy atom. The zero-order valence-electron chi connectivity index (χ0n) is 13.8. The largest absolute Gasteiger partial charge is 0.335 e. The van der Waals surface area contributed by atoms with Crippen LogP contribution in [0.3, 0.4) is 0 Å². The molecule has 3 amide bonds. The van der Waals surface area contributed by atoms with Crippen molar-refractivity contribution in [2.75, 3.05) is 0 Å². The number of rotatable bonds is 4. The summed E-state index contributed by atoms with van der Waals surface area (Å²) in [5.41, 5.74) is 0. The Hall–Kier alpha value is -1.10. The normalized spacial score (nSPS) is 22.6. The van der Waals surface area contributed by atoms with E-state index in [0.29, 0.717) is 6.04 Å². The van der Waals surface area contributed by atoms with Crippen LogP contribution < -0.4 is 16.0 Å². The van der Waals surface area contributed by atoms with E-state index in [-0.39, 0.29) is 24.0 Å². The van der Waals surface area contributed by atoms with Crippen LogP contribution in [0.2, 0.25) is 0 Å². The molecule has 0 aromatic carbocycles. The molecule has 5 heteroatoms. The van der Waals surface area contributed by atoms with E-state index in [4.69, 9.17) is 0 Å². The van der Waals surface area contributed by atoms with Gasteiger partial charge in [0.25, 0.3) is 0 Å². The second kappa shape index (κ2) is 9.13. The Morgan fingerprint density at radius 1 is 0.818 bits per heavy atom. The molecule has 1 atom stereocenters. The van der Waals surface area contributed by atoms with Crippen molar-refractivity contribution in [1.82, 2.24) is 16.0 Å². The molecule has 0 unspecified atom stereocenters. The smallest absolute Gasteiger partial charge is 0.321 e. The van der Waals surface area contributed by atoms with Gasteiger partial charge >= 0.3 is 6.03 Å². The van der Waals surface area contributed by atoms with Gasteiger partial charge in [-0.3, -0.25) is 10.1 Å². The first-order chi connectivity index (χ1) is 10.6. The van der Waals surface area contributed by atoms with Crippen molar-refractivity contribution in [3.8, 4) is 0 Å². The quantitative estimate of drug-likeness (QED) is 0.699. The molecule has 2 aliphatic rings. The zero-order valence-corrected chi connectivity index (χ0v) is 13.8. The van der Waals surface area contributed by atoms with Crippen LogP contribution in [0.1, 0.15) is 77.6 Å². The molecule has 3 N–H and O–H groups in total. The van der Waals surface area contributed by atoms with Crippen LogP contribution >= 0.6 is 0 Å². The van der Waals surface area contributed by atoms with E-state index in [2.05, 4.69) is 16.0 Å². The van der Waals surface area contributed by atoms with Crippen molar-refractivity contribution in [2.24, 2.45) is 0 Å². The van der Waals surface area contributed by atoms with E-state index < -0.39 is 0 Å². The van der Waals surface area contributed by atoms with Crippen LogP contribution in [0.4, 0.5) is 4.79 Å². The highest BCUT2D eigenvalue weighted by Crippen LogP contribution is 2.18. The molecule has 22 heavy (non-hydrogen) atoms. The minimum Gasteiger partial charge on any atom is -0.335 e. The molecule has 5 nitrogen and oxygen atoms in total. The average Bonchev–Trinajstić information content (AvgIpc) is 2.76. The van der Waals surface area contributed by atoms with Crippen molar-refractivity contribution >= 4 is 11.9 Å². The molecule has 0 bridgehead atoms. The Morgan fingerprint density at radius 3 is 1.91 bits per heavy atom. The van der Waals surface area contributed by atoms with Crippen LogP contribution in [0, 0.1) is 0 Å². The lowest BCUT2D eigenvalue weighted by Gasteiger charge is -2.24. The average molecular weight is 309 g/mol. The SMILES string of the molecule is C[C@H](NC1CCCCCC1)C(=O)NC(=O)NC1CCCCC1. The number of hydrogen-bond acceptors (Lipinski definition) is 3. The molecular weight excluding hydrogens is 278 g/mol. The molecule has 2 rings (SSSR count). The van der Waals surface area contributed by atoms with Crippen molar-refractivity contribution in [1.29, 1.82) is 0 Å². The molecule has 0 aliphatic heterocycles. The van der Waals surface area contributed by atoms with Crippen molar-refractivity contribution in [3.63, 3.8) is 0 Å². The maximum atomic E-state index is 12.1. The number of amides is 3. The fourth-order valence-corrected chi connectivity index (χ4v) is 3.56. The van der Waals surface area contributed by atoms with E-state index in [9.17, 15) is 9.59 Å². The van der Waals surface area contributed by atoms with Gasteiger partial charge in [-0.15, -0.1) is 0 Å². The van der Waals surface area contributed by atoms with Gasteiger partial charge in [0.1, 0.15) is 0 Å². The number of nitrogens with one attached hydrogen (secondary N) is 3. The molecule has 2 aliphatic carbocycles. The second-order valence-corrected chi connectivity index (χ2v) is 6.87. The third kappa shape index (κ3) is 5.95. The van der Waals surface area contributed by atoms with E-state index in [0.717, 1.165) is 25.7 Å². The maximum absolute atomic E-state index is 12.1. The molecular formula is C17H31N3O2. The zero-order chi connectivity index (χ0) is 15.8.